The average Bonchev–Trinajstić information content (AvgIpc) is 2.17. The van der Waals surface area contributed by atoms with Crippen molar-refractivity contribution in [2.24, 2.45) is 10.9 Å². The van der Waals surface area contributed by atoms with E-state index < -0.39 is 0 Å². The van der Waals surface area contributed by atoms with Gasteiger partial charge in [-0.15, -0.1) is 0 Å². The topological polar surface area (TPSA) is 24.4 Å². The summed E-state index contributed by atoms with van der Waals surface area (Å²) in [6, 6.07) is 0.591. The van der Waals surface area contributed by atoms with Crippen LogP contribution in [0.3, 0.4) is 0 Å². The highest BCUT2D eigenvalue weighted by Gasteiger charge is 2.25. The van der Waals surface area contributed by atoms with Crippen molar-refractivity contribution in [2.45, 2.75) is 25.8 Å². The summed E-state index contributed by atoms with van der Waals surface area (Å²) in [7, 11) is 0. The summed E-state index contributed by atoms with van der Waals surface area (Å²) >= 11 is 0. The van der Waals surface area contributed by atoms with Crippen molar-refractivity contribution in [2.75, 3.05) is 6.54 Å². The average molecular weight is 150 g/mol. The van der Waals surface area contributed by atoms with Crippen LogP contribution in [-0.2, 0) is 0 Å². The van der Waals surface area contributed by atoms with E-state index in [-0.39, 0.29) is 0 Å². The third-order valence-electron chi connectivity index (χ3n) is 2.45. The normalized spacial score (nSPS) is 35.5. The molecular weight excluding hydrogens is 136 g/mol. The minimum atomic E-state index is 0.591. The molecular formula is C9H14N2. The van der Waals surface area contributed by atoms with Gasteiger partial charge in [-0.25, -0.2) is 0 Å². The van der Waals surface area contributed by atoms with Gasteiger partial charge in [0, 0.05) is 11.6 Å². The number of nitrogens with zero attached hydrogens (tertiary/aromatic N) is 1. The maximum atomic E-state index is 4.33. The van der Waals surface area contributed by atoms with Crippen molar-refractivity contribution < 1.29 is 0 Å². The molecule has 2 heteroatoms. The van der Waals surface area contributed by atoms with Gasteiger partial charge in [-0.1, -0.05) is 6.08 Å². The third kappa shape index (κ3) is 1.30. The number of allylic oxidation sites excluding steroid dienone is 1. The lowest BCUT2D eigenvalue weighted by Gasteiger charge is -2.14. The van der Waals surface area contributed by atoms with Gasteiger partial charge in [0.2, 0.25) is 0 Å². The summed E-state index contributed by atoms with van der Waals surface area (Å²) in [4.78, 5) is 4.33. The predicted octanol–water partition coefficient (Wildman–Crippen LogP) is 1.34. The molecule has 0 saturated heterocycles. The summed E-state index contributed by atoms with van der Waals surface area (Å²) in [6.45, 7) is 3.09. The number of rotatable bonds is 0. The Bertz CT molecular complexity index is 206. The summed E-state index contributed by atoms with van der Waals surface area (Å²) in [5.41, 5.74) is 1.33. The molecule has 2 aliphatic heterocycles. The molecule has 2 unspecified atom stereocenters. The fraction of sp³-hybridized carbons (Fsp3) is 0.667. The highest BCUT2D eigenvalue weighted by atomic mass is 15.0. The van der Waals surface area contributed by atoms with E-state index in [1.807, 2.05) is 0 Å². The molecule has 0 amide bonds. The molecule has 11 heavy (non-hydrogen) atoms. The molecule has 0 fully saturated rings. The molecule has 0 aliphatic carbocycles. The van der Waals surface area contributed by atoms with Crippen LogP contribution in [0.1, 0.15) is 19.8 Å². The van der Waals surface area contributed by atoms with Crippen LogP contribution in [-0.4, -0.2) is 18.8 Å². The Balaban J connectivity index is 2.09. The zero-order chi connectivity index (χ0) is 7.68. The number of aliphatic imine (C=N–C) groups is 1. The van der Waals surface area contributed by atoms with Crippen LogP contribution in [0, 0.1) is 5.92 Å². The fourth-order valence-electron chi connectivity index (χ4n) is 1.90. The predicted molar refractivity (Wildman–Crippen MR) is 46.8 cm³/mol. The smallest absolute Gasteiger partial charge is 0.0592 e. The molecule has 0 radical (unpaired) electrons. The SMILES string of the molecule is CC1=CC2CCC=NCC2N1. The van der Waals surface area contributed by atoms with Crippen molar-refractivity contribution in [3.63, 3.8) is 0 Å². The Morgan fingerprint density at radius 3 is 3.45 bits per heavy atom. The van der Waals surface area contributed by atoms with E-state index in [2.05, 4.69) is 29.5 Å². The van der Waals surface area contributed by atoms with Gasteiger partial charge in [-0.05, 0) is 26.0 Å². The van der Waals surface area contributed by atoms with Crippen molar-refractivity contribution in [1.29, 1.82) is 0 Å². The monoisotopic (exact) mass is 150 g/mol. The van der Waals surface area contributed by atoms with E-state index in [0.29, 0.717) is 6.04 Å². The zero-order valence-electron chi connectivity index (χ0n) is 6.88. The first-order valence-electron chi connectivity index (χ1n) is 4.29. The van der Waals surface area contributed by atoms with Gasteiger partial charge in [0.1, 0.15) is 0 Å². The number of hydrogen-bond donors (Lipinski definition) is 1. The molecule has 0 aromatic carbocycles. The number of fused-ring (bicyclic) bond motifs is 1. The minimum Gasteiger partial charge on any atom is -0.384 e. The van der Waals surface area contributed by atoms with Crippen molar-refractivity contribution in [1.82, 2.24) is 5.32 Å². The van der Waals surface area contributed by atoms with E-state index in [4.69, 9.17) is 0 Å². The Hall–Kier alpha value is -0.790. The van der Waals surface area contributed by atoms with Crippen molar-refractivity contribution >= 4 is 6.21 Å². The Morgan fingerprint density at radius 1 is 1.64 bits per heavy atom. The van der Waals surface area contributed by atoms with Gasteiger partial charge in [0.25, 0.3) is 0 Å². The first-order chi connectivity index (χ1) is 5.36. The molecule has 0 bridgehead atoms. The van der Waals surface area contributed by atoms with Gasteiger partial charge in [0.05, 0.1) is 12.6 Å². The Kier molecular flexibility index (Phi) is 1.68. The Labute approximate surface area is 67.4 Å². The van der Waals surface area contributed by atoms with Gasteiger partial charge < -0.3 is 5.32 Å². The largest absolute Gasteiger partial charge is 0.384 e. The van der Waals surface area contributed by atoms with E-state index in [0.717, 1.165) is 18.9 Å². The van der Waals surface area contributed by atoms with Crippen LogP contribution < -0.4 is 5.32 Å². The standard InChI is InChI=1S/C9H14N2/c1-7-5-8-3-2-4-10-6-9(8)11-7/h4-5,8-9,11H,2-3,6H2,1H3. The summed E-state index contributed by atoms with van der Waals surface area (Å²) < 4.78 is 0. The fourth-order valence-corrected chi connectivity index (χ4v) is 1.90. The molecule has 0 saturated carbocycles. The van der Waals surface area contributed by atoms with Crippen LogP contribution in [0.5, 0.6) is 0 Å². The second kappa shape index (κ2) is 2.68. The molecule has 0 aromatic heterocycles. The van der Waals surface area contributed by atoms with E-state index >= 15 is 0 Å². The quantitative estimate of drug-likeness (QED) is 0.553. The molecule has 0 spiro atoms. The highest BCUT2D eigenvalue weighted by molar-refractivity contribution is 5.57. The molecule has 2 atom stereocenters. The molecule has 2 nitrogen and oxygen atoms in total. The zero-order valence-corrected chi connectivity index (χ0v) is 6.88. The molecule has 2 aliphatic rings. The summed E-state index contributed by atoms with van der Waals surface area (Å²) in [5, 5.41) is 3.44. The first kappa shape index (κ1) is 6.89. The van der Waals surface area contributed by atoms with Gasteiger partial charge in [-0.3, -0.25) is 4.99 Å². The van der Waals surface area contributed by atoms with Crippen molar-refractivity contribution in [3.05, 3.63) is 11.8 Å². The molecule has 60 valence electrons. The van der Waals surface area contributed by atoms with Crippen LogP contribution in [0.4, 0.5) is 0 Å². The minimum absolute atomic E-state index is 0.591. The molecule has 1 N–H and O–H groups in total. The summed E-state index contributed by atoms with van der Waals surface area (Å²) in [6.07, 6.45) is 6.81. The van der Waals surface area contributed by atoms with Gasteiger partial charge in [0.15, 0.2) is 0 Å². The third-order valence-corrected chi connectivity index (χ3v) is 2.45. The Morgan fingerprint density at radius 2 is 2.55 bits per heavy atom. The lowest BCUT2D eigenvalue weighted by atomic mass is 9.98. The lowest BCUT2D eigenvalue weighted by Crippen LogP contribution is -2.30. The van der Waals surface area contributed by atoms with Gasteiger partial charge >= 0.3 is 0 Å². The second-order valence-electron chi connectivity index (χ2n) is 3.39. The van der Waals surface area contributed by atoms with E-state index in [1.165, 1.54) is 12.1 Å². The summed E-state index contributed by atoms with van der Waals surface area (Å²) in [5.74, 6) is 0.734. The molecule has 2 rings (SSSR count). The van der Waals surface area contributed by atoms with E-state index in [9.17, 15) is 0 Å². The second-order valence-corrected chi connectivity index (χ2v) is 3.39. The maximum Gasteiger partial charge on any atom is 0.0592 e. The highest BCUT2D eigenvalue weighted by Crippen LogP contribution is 2.23. The van der Waals surface area contributed by atoms with Crippen LogP contribution in [0.25, 0.3) is 0 Å². The molecule has 0 aromatic rings. The van der Waals surface area contributed by atoms with Crippen LogP contribution >= 0.6 is 0 Å². The maximum absolute atomic E-state index is 4.33. The molecule has 2 heterocycles. The number of hydrogen-bond acceptors (Lipinski definition) is 2. The first-order valence-corrected chi connectivity index (χ1v) is 4.29. The lowest BCUT2D eigenvalue weighted by molar-refractivity contribution is 0.477. The van der Waals surface area contributed by atoms with E-state index in [1.54, 1.807) is 0 Å². The van der Waals surface area contributed by atoms with Crippen molar-refractivity contribution in [3.8, 4) is 0 Å². The van der Waals surface area contributed by atoms with Gasteiger partial charge in [-0.2, -0.15) is 0 Å². The number of nitrogens with one attached hydrogen (secondary N) is 1. The van der Waals surface area contributed by atoms with Crippen LogP contribution in [0.2, 0.25) is 0 Å². The van der Waals surface area contributed by atoms with Crippen LogP contribution in [0.15, 0.2) is 16.8 Å².